The molecule has 94 valence electrons. The minimum atomic E-state index is -1.03. The summed E-state index contributed by atoms with van der Waals surface area (Å²) in [4.78, 5) is 0. The molecule has 18 heavy (non-hydrogen) atoms. The molecule has 5 nitrogen and oxygen atoms in total. The van der Waals surface area contributed by atoms with Crippen LogP contribution in [0.15, 0.2) is 12.1 Å². The fraction of sp³-hybridized carbons (Fsp3) is 0.417. The van der Waals surface area contributed by atoms with E-state index in [4.69, 9.17) is 20.4 Å². The second kappa shape index (κ2) is 4.61. The molecule has 0 saturated heterocycles. The minimum Gasteiger partial charge on any atom is -0.491 e. The fourth-order valence-electron chi connectivity index (χ4n) is 1.83. The van der Waals surface area contributed by atoms with E-state index in [1.54, 1.807) is 13.0 Å². The summed E-state index contributed by atoms with van der Waals surface area (Å²) < 4.78 is 10.7. The van der Waals surface area contributed by atoms with Gasteiger partial charge in [0.2, 0.25) is 0 Å². The van der Waals surface area contributed by atoms with E-state index in [0.717, 1.165) is 16.6 Å². The van der Waals surface area contributed by atoms with E-state index in [1.807, 2.05) is 19.1 Å². The average molecular weight is 246 g/mol. The van der Waals surface area contributed by atoms with Crippen molar-refractivity contribution in [3.8, 4) is 11.8 Å². The lowest BCUT2D eigenvalue weighted by Gasteiger charge is -2.17. The standard InChI is InChI=1S/C12H15BN2O3/c1-8-3-9(17-7-12(2,15)6-14)4-11-10(8)5-18-13(11)16/h3-4,16H,5,7,15H2,1-2H3/t12-/m1/s1. The number of ether oxygens (including phenoxy) is 1. The molecule has 6 heteroatoms. The Hall–Kier alpha value is -1.55. The van der Waals surface area contributed by atoms with E-state index in [0.29, 0.717) is 12.4 Å². The van der Waals surface area contributed by atoms with E-state index in [1.165, 1.54) is 0 Å². The van der Waals surface area contributed by atoms with Gasteiger partial charge < -0.3 is 20.1 Å². The largest absolute Gasteiger partial charge is 0.491 e. The third-order valence-corrected chi connectivity index (χ3v) is 2.93. The molecule has 0 spiro atoms. The van der Waals surface area contributed by atoms with Crippen LogP contribution in [-0.2, 0) is 11.3 Å². The summed E-state index contributed by atoms with van der Waals surface area (Å²) in [5, 5.41) is 18.5. The highest BCUT2D eigenvalue weighted by molar-refractivity contribution is 6.61. The summed E-state index contributed by atoms with van der Waals surface area (Å²) in [6.45, 7) is 4.04. The van der Waals surface area contributed by atoms with E-state index >= 15 is 0 Å². The molecular weight excluding hydrogens is 231 g/mol. The maximum Gasteiger partial charge on any atom is 0.491 e. The number of benzene rings is 1. The monoisotopic (exact) mass is 246 g/mol. The lowest BCUT2D eigenvalue weighted by Crippen LogP contribution is -2.40. The molecule has 0 amide bonds. The average Bonchev–Trinajstić information content (AvgIpc) is 2.70. The number of rotatable bonds is 3. The first-order chi connectivity index (χ1) is 8.43. The van der Waals surface area contributed by atoms with Crippen molar-refractivity contribution < 1.29 is 14.4 Å². The van der Waals surface area contributed by atoms with Crippen molar-refractivity contribution >= 4 is 12.6 Å². The van der Waals surface area contributed by atoms with Gasteiger partial charge in [-0.1, -0.05) is 0 Å². The molecule has 2 rings (SSSR count). The van der Waals surface area contributed by atoms with Gasteiger partial charge in [0.05, 0.1) is 12.7 Å². The minimum absolute atomic E-state index is 0.0959. The molecule has 0 unspecified atom stereocenters. The predicted octanol–water partition coefficient (Wildman–Crippen LogP) is -0.168. The van der Waals surface area contributed by atoms with Crippen LogP contribution in [0.2, 0.25) is 0 Å². The van der Waals surface area contributed by atoms with Crippen LogP contribution in [0.3, 0.4) is 0 Å². The lowest BCUT2D eigenvalue weighted by molar-refractivity contribution is 0.264. The van der Waals surface area contributed by atoms with E-state index in [2.05, 4.69) is 0 Å². The maximum absolute atomic E-state index is 9.65. The Morgan fingerprint density at radius 1 is 1.67 bits per heavy atom. The molecule has 0 bridgehead atoms. The first-order valence-corrected chi connectivity index (χ1v) is 5.69. The van der Waals surface area contributed by atoms with Gasteiger partial charge in [0.25, 0.3) is 0 Å². The third kappa shape index (κ3) is 2.48. The van der Waals surface area contributed by atoms with Crippen LogP contribution in [-0.4, -0.2) is 24.3 Å². The van der Waals surface area contributed by atoms with Crippen molar-refractivity contribution in [1.82, 2.24) is 0 Å². The van der Waals surface area contributed by atoms with Crippen LogP contribution >= 0.6 is 0 Å². The molecule has 1 aromatic carbocycles. The van der Waals surface area contributed by atoms with Crippen molar-refractivity contribution in [1.29, 1.82) is 5.26 Å². The Morgan fingerprint density at radius 3 is 3.06 bits per heavy atom. The van der Waals surface area contributed by atoms with Crippen LogP contribution < -0.4 is 15.9 Å². The quantitative estimate of drug-likeness (QED) is 0.723. The highest BCUT2D eigenvalue weighted by atomic mass is 16.5. The summed E-state index contributed by atoms with van der Waals surface area (Å²) in [5.41, 5.74) is 7.37. The molecule has 0 saturated carbocycles. The molecule has 0 fully saturated rings. The van der Waals surface area contributed by atoms with Crippen molar-refractivity contribution in [2.24, 2.45) is 5.73 Å². The van der Waals surface area contributed by atoms with Crippen LogP contribution in [0.5, 0.6) is 5.75 Å². The van der Waals surface area contributed by atoms with Gasteiger partial charge in [-0.2, -0.15) is 5.26 Å². The van der Waals surface area contributed by atoms with E-state index in [9.17, 15) is 5.02 Å². The maximum atomic E-state index is 9.65. The van der Waals surface area contributed by atoms with Gasteiger partial charge in [0.15, 0.2) is 0 Å². The van der Waals surface area contributed by atoms with Gasteiger partial charge in [-0.05, 0) is 42.6 Å². The summed E-state index contributed by atoms with van der Waals surface area (Å²) in [6.07, 6.45) is 0. The Bertz CT molecular complexity index is 511. The molecule has 1 aromatic rings. The highest BCUT2D eigenvalue weighted by Gasteiger charge is 2.29. The smallest absolute Gasteiger partial charge is 0.491 e. The number of aryl methyl sites for hydroxylation is 1. The van der Waals surface area contributed by atoms with Gasteiger partial charge in [-0.3, -0.25) is 0 Å². The van der Waals surface area contributed by atoms with Crippen molar-refractivity contribution in [2.75, 3.05) is 6.61 Å². The summed E-state index contributed by atoms with van der Waals surface area (Å²) in [7, 11) is -0.900. The number of nitriles is 1. The first kappa shape index (κ1) is 12.9. The zero-order chi connectivity index (χ0) is 13.3. The highest BCUT2D eigenvalue weighted by Crippen LogP contribution is 2.21. The van der Waals surface area contributed by atoms with Crippen LogP contribution in [0.1, 0.15) is 18.1 Å². The molecule has 1 atom stereocenters. The Kier molecular flexibility index (Phi) is 3.31. The van der Waals surface area contributed by atoms with Gasteiger partial charge in [-0.15, -0.1) is 0 Å². The molecule has 0 aliphatic carbocycles. The molecule has 1 aliphatic rings. The second-order valence-electron chi connectivity index (χ2n) is 4.79. The van der Waals surface area contributed by atoms with Gasteiger partial charge >= 0.3 is 7.12 Å². The van der Waals surface area contributed by atoms with Crippen LogP contribution in [0, 0.1) is 18.3 Å². The Labute approximate surface area is 106 Å². The van der Waals surface area contributed by atoms with Crippen LogP contribution in [0.25, 0.3) is 0 Å². The third-order valence-electron chi connectivity index (χ3n) is 2.93. The Balaban J connectivity index is 2.19. The summed E-state index contributed by atoms with van der Waals surface area (Å²) in [5.74, 6) is 0.586. The number of hydrogen-bond acceptors (Lipinski definition) is 5. The van der Waals surface area contributed by atoms with Crippen molar-refractivity contribution in [3.63, 3.8) is 0 Å². The number of fused-ring (bicyclic) bond motifs is 1. The Morgan fingerprint density at radius 2 is 2.39 bits per heavy atom. The van der Waals surface area contributed by atoms with Crippen molar-refractivity contribution in [3.05, 3.63) is 23.3 Å². The SMILES string of the molecule is Cc1cc(OC[C@](C)(N)C#N)cc2c1COB2O. The van der Waals surface area contributed by atoms with Crippen LogP contribution in [0.4, 0.5) is 0 Å². The zero-order valence-electron chi connectivity index (χ0n) is 10.4. The van der Waals surface area contributed by atoms with Gasteiger partial charge in [0, 0.05) is 0 Å². The fourth-order valence-corrected chi connectivity index (χ4v) is 1.83. The molecule has 1 aliphatic heterocycles. The summed E-state index contributed by atoms with van der Waals surface area (Å²) in [6, 6.07) is 5.55. The predicted molar refractivity (Wildman–Crippen MR) is 67.3 cm³/mol. The molecule has 0 radical (unpaired) electrons. The molecular formula is C12H15BN2O3. The topological polar surface area (TPSA) is 88.5 Å². The summed E-state index contributed by atoms with van der Waals surface area (Å²) >= 11 is 0. The number of nitrogens with two attached hydrogens (primary N) is 1. The van der Waals surface area contributed by atoms with E-state index < -0.39 is 12.7 Å². The first-order valence-electron chi connectivity index (χ1n) is 5.69. The number of nitrogens with zero attached hydrogens (tertiary/aromatic N) is 1. The molecule has 1 heterocycles. The molecule has 0 aromatic heterocycles. The second-order valence-corrected chi connectivity index (χ2v) is 4.79. The normalized spacial score (nSPS) is 16.9. The van der Waals surface area contributed by atoms with Gasteiger partial charge in [-0.25, -0.2) is 0 Å². The lowest BCUT2D eigenvalue weighted by atomic mass is 9.78. The number of hydrogen-bond donors (Lipinski definition) is 2. The van der Waals surface area contributed by atoms with Gasteiger partial charge in [0.1, 0.15) is 17.9 Å². The molecule has 3 N–H and O–H groups in total. The van der Waals surface area contributed by atoms with Crippen molar-refractivity contribution in [2.45, 2.75) is 26.0 Å². The zero-order valence-corrected chi connectivity index (χ0v) is 10.4. The van der Waals surface area contributed by atoms with E-state index in [-0.39, 0.29) is 6.61 Å².